The maximum atomic E-state index is 13.5. The molecule has 2 unspecified atom stereocenters. The van der Waals surface area contributed by atoms with E-state index in [1.807, 2.05) is 0 Å². The molecule has 0 spiro atoms. The van der Waals surface area contributed by atoms with Crippen molar-refractivity contribution in [1.82, 2.24) is 29.9 Å². The Labute approximate surface area is 771 Å². The van der Waals surface area contributed by atoms with Crippen LogP contribution in [-0.2, 0) is 70.3 Å². The van der Waals surface area contributed by atoms with Gasteiger partial charge in [-0.05, 0) is 133 Å². The van der Waals surface area contributed by atoms with Gasteiger partial charge in [-0.2, -0.15) is 50.6 Å². The van der Waals surface area contributed by atoms with Crippen LogP contribution in [0.15, 0.2) is 177 Å². The van der Waals surface area contributed by atoms with Gasteiger partial charge < -0.3 is 37.3 Å². The molecular formula is C52H30Cl6N18Na6O20S6. The van der Waals surface area contributed by atoms with Crippen LogP contribution in [-0.4, -0.2) is 143 Å². The number of aromatic amines is 4. The van der Waals surface area contributed by atoms with Gasteiger partial charge in [-0.15, -0.1) is 0 Å². The Hall–Kier alpha value is -3.04. The summed E-state index contributed by atoms with van der Waals surface area (Å²) in [4.78, 5) is 56.5. The minimum atomic E-state index is -5.41. The fourth-order valence-electron chi connectivity index (χ4n) is 9.00. The molecule has 4 heterocycles. The van der Waals surface area contributed by atoms with E-state index in [1.165, 1.54) is 26.0 Å². The van der Waals surface area contributed by atoms with Gasteiger partial charge in [0.25, 0.3) is 11.8 Å². The van der Waals surface area contributed by atoms with Gasteiger partial charge in [-0.25, -0.2) is 70.5 Å². The molecule has 532 valence electrons. The summed E-state index contributed by atoms with van der Waals surface area (Å²) in [6.45, 7) is 2.61. The van der Waals surface area contributed by atoms with Crippen LogP contribution in [0.4, 0.5) is 45.5 Å². The fraction of sp³-hybridized carbons (Fsp3) is 0.0769. The van der Waals surface area contributed by atoms with Crippen molar-refractivity contribution in [1.29, 1.82) is 0 Å². The van der Waals surface area contributed by atoms with Gasteiger partial charge in [-0.3, -0.25) is 19.6 Å². The van der Waals surface area contributed by atoms with Gasteiger partial charge in [0, 0.05) is 0 Å². The van der Waals surface area contributed by atoms with Crippen LogP contribution in [0, 0.1) is 0 Å². The number of nitrogens with one attached hydrogen (secondary N) is 4. The Kier molecular flexibility index (Phi) is 34.8. The molecule has 0 saturated carbocycles. The third kappa shape index (κ3) is 23.8. The second-order valence-electron chi connectivity index (χ2n) is 20.4. The zero-order valence-corrected chi connectivity index (χ0v) is 77.1. The Balaban J connectivity index is 0.00000411. The summed E-state index contributed by atoms with van der Waals surface area (Å²) in [5.74, 6) is -1.95. The van der Waals surface area contributed by atoms with Crippen LogP contribution in [0.2, 0.25) is 30.7 Å². The van der Waals surface area contributed by atoms with E-state index in [0.29, 0.717) is 22.2 Å². The topological polar surface area (TPSA) is 596 Å². The first-order valence-electron chi connectivity index (χ1n) is 26.9. The average molecular weight is 1770 g/mol. The first-order chi connectivity index (χ1) is 47.4. The first-order valence-corrected chi connectivity index (χ1v) is 37.6. The maximum Gasteiger partial charge on any atom is 1.00 e. The van der Waals surface area contributed by atoms with Gasteiger partial charge in [0.2, 0.25) is 33.0 Å². The van der Waals surface area contributed by atoms with E-state index >= 15 is 0 Å². The Morgan fingerprint density at radius 3 is 1.01 bits per heavy atom. The molecule has 56 heteroatoms. The molecule has 2 aliphatic rings. The predicted octanol–water partition coefficient (Wildman–Crippen LogP) is -12.0. The van der Waals surface area contributed by atoms with Crippen LogP contribution < -0.4 is 210 Å². The van der Waals surface area contributed by atoms with Crippen molar-refractivity contribution < 1.29 is 265 Å². The summed E-state index contributed by atoms with van der Waals surface area (Å²) >= 11 is 36.8. The largest absolute Gasteiger partial charge is 1.00 e. The van der Waals surface area contributed by atoms with Crippen LogP contribution in [0.5, 0.6) is 0 Å². The van der Waals surface area contributed by atoms with Gasteiger partial charge in [0.05, 0.1) is 95.0 Å². The average Bonchev–Trinajstić information content (AvgIpc) is 1.56. The molecule has 4 N–H and O–H groups in total. The number of hydrogen-bond donors (Lipinski definition) is 4. The SMILES string of the molecule is CC1=NN(c2cc(Cl)c(S(=O)(=O)[O-])cc2Cl)C(=O)C1N=Nc1cc(N=c2nc(Cl)[nH]c(=Nc3ccc(/C=C/c4ccc(N=c5[nH]c(Cl)nc(=Nc6ccc(S(=O)(=O)[O-])c(N=NC7C(=O)N(c8cc(Cl)c(S(=O)(=O)[O-])cc8Cl)N=C7C)c6)[nH]5)cc4S(=O)(=O)[O-])c(S(=O)(=O)[O-])c3)[nH]2)ccc1S(=O)(=O)[O-].[Na+].[Na+].[Na+].[Na+].[Na+].[Na+]. The number of rotatable bonds is 18. The minimum Gasteiger partial charge on any atom is -0.744 e. The minimum absolute atomic E-state index is 0. The summed E-state index contributed by atoms with van der Waals surface area (Å²) in [5, 5.41) is 21.9. The van der Waals surface area contributed by atoms with E-state index < -0.39 is 167 Å². The van der Waals surface area contributed by atoms with Crippen LogP contribution >= 0.6 is 69.6 Å². The molecule has 10 rings (SSSR count). The van der Waals surface area contributed by atoms with Crippen molar-refractivity contribution in [3.05, 3.63) is 161 Å². The number of carbonyl (C=O) groups is 2. The molecule has 8 aromatic rings. The molecule has 2 amide bonds. The molecule has 0 bridgehead atoms. The molecule has 0 fully saturated rings. The molecule has 2 aliphatic heterocycles. The van der Waals surface area contributed by atoms with E-state index in [4.69, 9.17) is 69.6 Å². The van der Waals surface area contributed by atoms with Crippen molar-refractivity contribution >= 4 is 211 Å². The number of halogens is 6. The number of H-pyrrole nitrogens is 4. The van der Waals surface area contributed by atoms with E-state index in [0.717, 1.165) is 84.9 Å². The molecule has 2 atom stereocenters. The molecule has 6 aromatic carbocycles. The van der Waals surface area contributed by atoms with Crippen molar-refractivity contribution in [2.24, 2.45) is 50.6 Å². The summed E-state index contributed by atoms with van der Waals surface area (Å²) in [6.07, 6.45) is 1.96. The van der Waals surface area contributed by atoms with Gasteiger partial charge >= 0.3 is 177 Å². The summed E-state index contributed by atoms with van der Waals surface area (Å²) in [5.41, 5.74) is -5.06. The number of nitrogens with zero attached hydrogens (tertiary/aromatic N) is 14. The molecule has 0 radical (unpaired) electrons. The normalized spacial score (nSPS) is 15.7. The third-order valence-corrected chi connectivity index (χ3v) is 20.5. The molecule has 0 aliphatic carbocycles. The van der Waals surface area contributed by atoms with E-state index in [2.05, 4.69) is 80.5 Å². The smallest absolute Gasteiger partial charge is 0.744 e. The maximum absolute atomic E-state index is 13.5. The third-order valence-electron chi connectivity index (χ3n) is 13.4. The number of benzene rings is 6. The van der Waals surface area contributed by atoms with Crippen LogP contribution in [0.25, 0.3) is 12.2 Å². The zero-order valence-electron chi connectivity index (χ0n) is 55.7. The van der Waals surface area contributed by atoms with Crippen molar-refractivity contribution in [2.45, 2.75) is 55.3 Å². The summed E-state index contributed by atoms with van der Waals surface area (Å²) < 4.78 is 220. The number of anilines is 2. The van der Waals surface area contributed by atoms with E-state index in [9.17, 15) is 87.4 Å². The quantitative estimate of drug-likeness (QED) is 0.0268. The number of hydrazone groups is 2. The number of azo groups is 2. The van der Waals surface area contributed by atoms with Crippen LogP contribution in [0.3, 0.4) is 0 Å². The van der Waals surface area contributed by atoms with Gasteiger partial charge in [-0.1, -0.05) is 70.7 Å². The summed E-state index contributed by atoms with van der Waals surface area (Å²) in [6, 6.07) is 11.6. The Bertz CT molecular complexity index is 5850. The number of aromatic nitrogens is 6. The fourth-order valence-corrected chi connectivity index (χ4v) is 14.5. The Morgan fingerprint density at radius 1 is 0.389 bits per heavy atom. The van der Waals surface area contributed by atoms with Gasteiger partial charge in [0.15, 0.2) is 12.1 Å². The monoisotopic (exact) mass is 1770 g/mol. The van der Waals surface area contributed by atoms with Crippen molar-refractivity contribution in [3.63, 3.8) is 0 Å². The van der Waals surface area contributed by atoms with E-state index in [-0.39, 0.29) is 245 Å². The summed E-state index contributed by atoms with van der Waals surface area (Å²) in [7, 11) is -31.6. The number of amides is 2. The number of carbonyl (C=O) groups excluding carboxylic acids is 2. The van der Waals surface area contributed by atoms with Crippen molar-refractivity contribution in [3.8, 4) is 0 Å². The van der Waals surface area contributed by atoms with E-state index in [1.54, 1.807) is 0 Å². The first kappa shape index (κ1) is 97.3. The zero-order chi connectivity index (χ0) is 74.7. The molecule has 38 nitrogen and oxygen atoms in total. The Morgan fingerprint density at radius 2 is 0.694 bits per heavy atom. The molecular weight excluding hydrogens is 1740 g/mol. The second-order valence-corrected chi connectivity index (χ2v) is 30.8. The number of hydrogen-bond acceptors (Lipinski definition) is 32. The molecule has 0 saturated heterocycles. The van der Waals surface area contributed by atoms with Gasteiger partial charge in [0.1, 0.15) is 72.1 Å². The molecule has 108 heavy (non-hydrogen) atoms. The van der Waals surface area contributed by atoms with Crippen molar-refractivity contribution in [2.75, 3.05) is 10.0 Å². The second kappa shape index (κ2) is 38.6. The molecule has 2 aromatic heterocycles. The van der Waals surface area contributed by atoms with Crippen LogP contribution in [0.1, 0.15) is 25.0 Å². The predicted molar refractivity (Wildman–Crippen MR) is 350 cm³/mol. The standard InChI is InChI=1S/C52H36Cl6N18O20S6.6Na/c1-21-43(45(77)75(73-21)35-17-31(55)41(19-29(35)53)101(91,92)93)71-69-33-13-25(9-11-37(33)97(79,80)81)59-49-63-47(57)65-51(67-49)61-27-7-5-23(39(15-27)99(85,86)87)3-4-24-6-8-28(16-40(24)100(88,89)90)62-52-66-48(58)64-50(68-52)60-26-10-12-38(98(82,83)84)34(14-26)70-72-44-22(2)74-76(46(44)78)36-18-32(56)42(20-30(36)54)102(94,95)96;;;;;;/h3-20,43-44H,1-2H3,(H,79,80,81)(H,82,83,84)(H,85,86,87)(H,88,89,90)(H,91,92,93)(H,94,95,96)(H2,59,61,63,65,67)(H2,60,62,64,66,68);;;;;;/q;6*+1/p-6/b4-3+,71-69?,72-70?;;;;;;.